The van der Waals surface area contributed by atoms with Crippen LogP contribution in [-0.2, 0) is 6.54 Å². The van der Waals surface area contributed by atoms with Crippen molar-refractivity contribution in [1.29, 1.82) is 0 Å². The molecule has 2 fully saturated rings. The van der Waals surface area contributed by atoms with Gasteiger partial charge in [-0.05, 0) is 43.4 Å². The van der Waals surface area contributed by atoms with Crippen LogP contribution in [-0.4, -0.2) is 34.0 Å². The van der Waals surface area contributed by atoms with Crippen molar-refractivity contribution in [3.8, 4) is 0 Å². The lowest BCUT2D eigenvalue weighted by atomic mass is 9.75. The Hall–Kier alpha value is -1.42. The standard InChI is InChI=1S/C16H22N2O2/c19-16(20)13-5-6-15(17-9-13)11-18-8-7-12-3-1-2-4-14(12)10-18/h5-6,9,12,14H,1-4,7-8,10-11H2,(H,19,20). The maximum Gasteiger partial charge on any atom is 0.337 e. The summed E-state index contributed by atoms with van der Waals surface area (Å²) in [5.41, 5.74) is 1.24. The number of carbonyl (C=O) groups is 1. The predicted octanol–water partition coefficient (Wildman–Crippen LogP) is 2.79. The molecule has 2 aliphatic rings. The fourth-order valence-corrected chi connectivity index (χ4v) is 3.69. The number of pyridine rings is 1. The first-order valence-electron chi connectivity index (χ1n) is 7.63. The number of likely N-dealkylation sites (tertiary alicyclic amines) is 1. The van der Waals surface area contributed by atoms with Gasteiger partial charge in [0.1, 0.15) is 0 Å². The van der Waals surface area contributed by atoms with E-state index in [0.717, 1.165) is 30.6 Å². The van der Waals surface area contributed by atoms with Crippen molar-refractivity contribution in [1.82, 2.24) is 9.88 Å². The molecule has 1 saturated carbocycles. The second-order valence-electron chi connectivity index (χ2n) is 6.17. The Balaban J connectivity index is 1.59. The molecular weight excluding hydrogens is 252 g/mol. The van der Waals surface area contributed by atoms with Gasteiger partial charge < -0.3 is 5.11 Å². The molecule has 1 N–H and O–H groups in total. The summed E-state index contributed by atoms with van der Waals surface area (Å²) in [5, 5.41) is 8.88. The minimum absolute atomic E-state index is 0.264. The Bertz CT molecular complexity index is 472. The lowest BCUT2D eigenvalue weighted by Gasteiger charge is -2.41. The molecule has 0 amide bonds. The van der Waals surface area contributed by atoms with Gasteiger partial charge in [-0.2, -0.15) is 0 Å². The number of hydrogen-bond acceptors (Lipinski definition) is 3. The van der Waals surface area contributed by atoms with Gasteiger partial charge in [0.05, 0.1) is 11.3 Å². The highest BCUT2D eigenvalue weighted by Crippen LogP contribution is 2.36. The van der Waals surface area contributed by atoms with Gasteiger partial charge >= 0.3 is 5.97 Å². The van der Waals surface area contributed by atoms with Crippen molar-refractivity contribution >= 4 is 5.97 Å². The molecule has 1 saturated heterocycles. The molecule has 1 aromatic rings. The molecule has 2 atom stereocenters. The predicted molar refractivity (Wildman–Crippen MR) is 76.5 cm³/mol. The van der Waals surface area contributed by atoms with Gasteiger partial charge in [0.2, 0.25) is 0 Å². The summed E-state index contributed by atoms with van der Waals surface area (Å²) in [5.74, 6) is 0.908. The number of nitrogens with zero attached hydrogens (tertiary/aromatic N) is 2. The molecule has 2 heterocycles. The molecule has 1 aliphatic carbocycles. The smallest absolute Gasteiger partial charge is 0.337 e. The topological polar surface area (TPSA) is 53.4 Å². The molecule has 3 rings (SSSR count). The van der Waals surface area contributed by atoms with E-state index in [2.05, 4.69) is 9.88 Å². The van der Waals surface area contributed by atoms with Crippen LogP contribution in [0.4, 0.5) is 0 Å². The molecule has 0 bridgehead atoms. The molecule has 2 unspecified atom stereocenters. The van der Waals surface area contributed by atoms with Crippen LogP contribution in [0, 0.1) is 11.8 Å². The van der Waals surface area contributed by atoms with Crippen molar-refractivity contribution in [3.05, 3.63) is 29.6 Å². The normalized spacial score (nSPS) is 27.0. The SMILES string of the molecule is O=C(O)c1ccc(CN2CCC3CCCCC3C2)nc1. The Labute approximate surface area is 119 Å². The molecule has 4 heteroatoms. The van der Waals surface area contributed by atoms with E-state index in [1.54, 1.807) is 6.07 Å². The minimum Gasteiger partial charge on any atom is -0.478 e. The van der Waals surface area contributed by atoms with E-state index >= 15 is 0 Å². The summed E-state index contributed by atoms with van der Waals surface area (Å²) < 4.78 is 0. The molecule has 1 aliphatic heterocycles. The van der Waals surface area contributed by atoms with Crippen molar-refractivity contribution in [3.63, 3.8) is 0 Å². The largest absolute Gasteiger partial charge is 0.478 e. The monoisotopic (exact) mass is 274 g/mol. The van der Waals surface area contributed by atoms with E-state index in [-0.39, 0.29) is 5.56 Å². The Morgan fingerprint density at radius 2 is 2.05 bits per heavy atom. The second-order valence-corrected chi connectivity index (χ2v) is 6.17. The third kappa shape index (κ3) is 3.01. The number of carboxylic acid groups (broad SMARTS) is 1. The van der Waals surface area contributed by atoms with Gasteiger partial charge in [-0.3, -0.25) is 9.88 Å². The Kier molecular flexibility index (Phi) is 4.01. The van der Waals surface area contributed by atoms with Crippen LogP contribution >= 0.6 is 0 Å². The van der Waals surface area contributed by atoms with Crippen LogP contribution in [0.1, 0.15) is 48.2 Å². The highest BCUT2D eigenvalue weighted by Gasteiger charge is 2.30. The molecule has 4 nitrogen and oxygen atoms in total. The van der Waals surface area contributed by atoms with Crippen LogP contribution < -0.4 is 0 Å². The van der Waals surface area contributed by atoms with Crippen molar-refractivity contribution in [2.24, 2.45) is 11.8 Å². The third-order valence-corrected chi connectivity index (χ3v) is 4.83. The van der Waals surface area contributed by atoms with Gasteiger partial charge in [0.15, 0.2) is 0 Å². The highest BCUT2D eigenvalue weighted by atomic mass is 16.4. The van der Waals surface area contributed by atoms with E-state index < -0.39 is 5.97 Å². The summed E-state index contributed by atoms with van der Waals surface area (Å²) >= 11 is 0. The zero-order valence-corrected chi connectivity index (χ0v) is 11.8. The summed E-state index contributed by atoms with van der Waals surface area (Å²) in [6, 6.07) is 3.49. The summed E-state index contributed by atoms with van der Waals surface area (Å²) in [7, 11) is 0. The van der Waals surface area contributed by atoms with Crippen LogP contribution in [0.3, 0.4) is 0 Å². The summed E-state index contributed by atoms with van der Waals surface area (Å²) in [6.45, 7) is 3.19. The van der Waals surface area contributed by atoms with Gasteiger partial charge in [0, 0.05) is 19.3 Å². The maximum atomic E-state index is 10.8. The Morgan fingerprint density at radius 1 is 1.25 bits per heavy atom. The van der Waals surface area contributed by atoms with Gasteiger partial charge in [0.25, 0.3) is 0 Å². The van der Waals surface area contributed by atoms with E-state index in [1.165, 1.54) is 44.8 Å². The molecule has 20 heavy (non-hydrogen) atoms. The third-order valence-electron chi connectivity index (χ3n) is 4.83. The molecule has 0 aromatic carbocycles. The van der Waals surface area contributed by atoms with Crippen molar-refractivity contribution in [2.45, 2.75) is 38.6 Å². The first kappa shape index (κ1) is 13.6. The number of aromatic carboxylic acids is 1. The number of hydrogen-bond donors (Lipinski definition) is 1. The fraction of sp³-hybridized carbons (Fsp3) is 0.625. The zero-order valence-electron chi connectivity index (χ0n) is 11.8. The average molecular weight is 274 g/mol. The number of fused-ring (bicyclic) bond motifs is 1. The van der Waals surface area contributed by atoms with Crippen LogP contribution in [0.2, 0.25) is 0 Å². The average Bonchev–Trinajstić information content (AvgIpc) is 2.48. The summed E-state index contributed by atoms with van der Waals surface area (Å²) in [6.07, 6.45) is 8.39. The Morgan fingerprint density at radius 3 is 2.75 bits per heavy atom. The highest BCUT2D eigenvalue weighted by molar-refractivity contribution is 5.87. The molecule has 1 aromatic heterocycles. The van der Waals surface area contributed by atoms with Crippen LogP contribution in [0.5, 0.6) is 0 Å². The minimum atomic E-state index is -0.910. The van der Waals surface area contributed by atoms with Crippen LogP contribution in [0.25, 0.3) is 0 Å². The first-order chi connectivity index (χ1) is 9.72. The fourth-order valence-electron chi connectivity index (χ4n) is 3.69. The van der Waals surface area contributed by atoms with E-state index in [9.17, 15) is 4.79 Å². The van der Waals surface area contributed by atoms with Gasteiger partial charge in [-0.1, -0.05) is 19.3 Å². The molecule has 108 valence electrons. The maximum absolute atomic E-state index is 10.8. The first-order valence-corrected chi connectivity index (χ1v) is 7.63. The van der Waals surface area contributed by atoms with E-state index in [4.69, 9.17) is 5.11 Å². The molecular formula is C16H22N2O2. The lowest BCUT2D eigenvalue weighted by molar-refractivity contribution is 0.0696. The molecule has 0 radical (unpaired) electrons. The number of carboxylic acids is 1. The second kappa shape index (κ2) is 5.92. The number of rotatable bonds is 3. The van der Waals surface area contributed by atoms with Gasteiger partial charge in [-0.25, -0.2) is 4.79 Å². The quantitative estimate of drug-likeness (QED) is 0.921. The molecule has 0 spiro atoms. The number of piperidine rings is 1. The van der Waals surface area contributed by atoms with Gasteiger partial charge in [-0.15, -0.1) is 0 Å². The van der Waals surface area contributed by atoms with Crippen molar-refractivity contribution < 1.29 is 9.90 Å². The zero-order chi connectivity index (χ0) is 13.9. The number of aromatic nitrogens is 1. The van der Waals surface area contributed by atoms with E-state index in [0.29, 0.717) is 0 Å². The van der Waals surface area contributed by atoms with Crippen LogP contribution in [0.15, 0.2) is 18.3 Å². The summed E-state index contributed by atoms with van der Waals surface area (Å²) in [4.78, 5) is 17.6. The van der Waals surface area contributed by atoms with E-state index in [1.807, 2.05) is 6.07 Å². The lowest BCUT2D eigenvalue weighted by Crippen LogP contribution is -2.41. The van der Waals surface area contributed by atoms with Crippen molar-refractivity contribution in [2.75, 3.05) is 13.1 Å².